The normalized spacial score (nSPS) is 15.3. The van der Waals surface area contributed by atoms with Crippen molar-refractivity contribution in [1.82, 2.24) is 14.8 Å². The van der Waals surface area contributed by atoms with Crippen molar-refractivity contribution in [3.05, 3.63) is 30.6 Å². The van der Waals surface area contributed by atoms with Gasteiger partial charge in [-0.1, -0.05) is 23.9 Å². The van der Waals surface area contributed by atoms with Gasteiger partial charge in [-0.2, -0.15) is 8.78 Å². The van der Waals surface area contributed by atoms with E-state index in [1.165, 1.54) is 23.9 Å². The third-order valence-electron chi connectivity index (χ3n) is 3.49. The van der Waals surface area contributed by atoms with E-state index < -0.39 is 11.9 Å². The molecule has 1 N–H and O–H groups in total. The number of ether oxygens (including phenoxy) is 1. The quantitative estimate of drug-likeness (QED) is 0.773. The summed E-state index contributed by atoms with van der Waals surface area (Å²) in [5, 5.41) is 10.7. The van der Waals surface area contributed by atoms with Crippen LogP contribution >= 0.6 is 11.8 Å². The number of para-hydroxylation sites is 2. The Bertz CT molecular complexity index is 721. The number of nitrogens with zero attached hydrogens (tertiary/aromatic N) is 3. The summed E-state index contributed by atoms with van der Waals surface area (Å²) in [5.74, 6) is -0.394. The van der Waals surface area contributed by atoms with Crippen molar-refractivity contribution < 1.29 is 18.3 Å². The summed E-state index contributed by atoms with van der Waals surface area (Å²) in [4.78, 5) is 12.3. The molecule has 1 heterocycles. The average molecular weight is 354 g/mol. The van der Waals surface area contributed by atoms with Gasteiger partial charge in [-0.25, -0.2) is 0 Å². The van der Waals surface area contributed by atoms with Gasteiger partial charge in [0, 0.05) is 6.04 Å². The fourth-order valence-corrected chi connectivity index (χ4v) is 3.03. The van der Waals surface area contributed by atoms with Crippen LogP contribution in [0.25, 0.3) is 0 Å². The molecule has 0 aliphatic heterocycles. The highest BCUT2D eigenvalue weighted by molar-refractivity contribution is 8.00. The van der Waals surface area contributed by atoms with Crippen molar-refractivity contribution in [2.75, 3.05) is 5.32 Å². The summed E-state index contributed by atoms with van der Waals surface area (Å²) in [7, 11) is 0. The van der Waals surface area contributed by atoms with E-state index in [0.717, 1.165) is 12.8 Å². The molecule has 0 spiro atoms. The second-order valence-corrected chi connectivity index (χ2v) is 6.68. The highest BCUT2D eigenvalue weighted by atomic mass is 32.2. The van der Waals surface area contributed by atoms with E-state index in [4.69, 9.17) is 0 Å². The van der Waals surface area contributed by atoms with Crippen molar-refractivity contribution >= 4 is 23.4 Å². The number of rotatable bonds is 7. The number of benzene rings is 1. The topological polar surface area (TPSA) is 69.0 Å². The predicted molar refractivity (Wildman–Crippen MR) is 85.3 cm³/mol. The average Bonchev–Trinajstić information content (AvgIpc) is 3.28. The Hall–Kier alpha value is -2.16. The van der Waals surface area contributed by atoms with Crippen LogP contribution in [0.4, 0.5) is 14.5 Å². The Morgan fingerprint density at radius 2 is 2.17 bits per heavy atom. The van der Waals surface area contributed by atoms with E-state index in [2.05, 4.69) is 20.3 Å². The zero-order valence-electron chi connectivity index (χ0n) is 12.9. The second-order valence-electron chi connectivity index (χ2n) is 5.38. The molecule has 1 atom stereocenters. The van der Waals surface area contributed by atoms with Crippen LogP contribution in [0.15, 0.2) is 35.7 Å². The summed E-state index contributed by atoms with van der Waals surface area (Å²) < 4.78 is 31.2. The molecule has 1 aliphatic carbocycles. The first-order chi connectivity index (χ1) is 11.5. The van der Waals surface area contributed by atoms with Gasteiger partial charge in [-0.15, -0.1) is 10.2 Å². The van der Waals surface area contributed by atoms with E-state index in [0.29, 0.717) is 11.2 Å². The molecular formula is C15H16F2N4O2S. The van der Waals surface area contributed by atoms with E-state index in [1.54, 1.807) is 25.4 Å². The molecular weight excluding hydrogens is 338 g/mol. The van der Waals surface area contributed by atoms with Crippen molar-refractivity contribution in [1.29, 1.82) is 0 Å². The summed E-state index contributed by atoms with van der Waals surface area (Å²) in [5.41, 5.74) is 0.207. The minimum atomic E-state index is -2.95. The Kier molecular flexibility index (Phi) is 4.98. The number of hydrogen-bond acceptors (Lipinski definition) is 5. The molecule has 0 saturated heterocycles. The van der Waals surface area contributed by atoms with E-state index in [9.17, 15) is 13.6 Å². The smallest absolute Gasteiger partial charge is 0.387 e. The molecule has 0 unspecified atom stereocenters. The van der Waals surface area contributed by atoms with Gasteiger partial charge in [0.2, 0.25) is 5.91 Å². The lowest BCUT2D eigenvalue weighted by Crippen LogP contribution is -2.23. The molecule has 1 aromatic heterocycles. The van der Waals surface area contributed by atoms with Gasteiger partial charge in [-0.3, -0.25) is 4.79 Å². The number of nitrogens with one attached hydrogen (secondary N) is 1. The molecule has 1 aliphatic rings. The van der Waals surface area contributed by atoms with Crippen LogP contribution in [-0.4, -0.2) is 32.5 Å². The van der Waals surface area contributed by atoms with E-state index >= 15 is 0 Å². The van der Waals surface area contributed by atoms with Crippen molar-refractivity contribution in [2.45, 2.75) is 42.8 Å². The molecule has 1 fully saturated rings. The van der Waals surface area contributed by atoms with Gasteiger partial charge in [0.25, 0.3) is 0 Å². The number of alkyl halides is 2. The first-order valence-corrected chi connectivity index (χ1v) is 8.33. The van der Waals surface area contributed by atoms with Crippen molar-refractivity contribution in [2.24, 2.45) is 0 Å². The predicted octanol–water partition coefficient (Wildman–Crippen LogP) is 3.33. The van der Waals surface area contributed by atoms with Gasteiger partial charge >= 0.3 is 6.61 Å². The number of thioether (sulfide) groups is 1. The highest BCUT2D eigenvalue weighted by Gasteiger charge is 2.28. The molecule has 0 radical (unpaired) electrons. The zero-order valence-corrected chi connectivity index (χ0v) is 13.7. The Balaban J connectivity index is 1.65. The largest absolute Gasteiger partial charge is 0.433 e. The third-order valence-corrected chi connectivity index (χ3v) is 4.56. The number of hydrogen-bond donors (Lipinski definition) is 1. The lowest BCUT2D eigenvalue weighted by atomic mass is 10.3. The molecule has 0 bridgehead atoms. The molecule has 1 saturated carbocycles. The van der Waals surface area contributed by atoms with Gasteiger partial charge in [0.05, 0.1) is 10.9 Å². The number of carbonyl (C=O) groups is 1. The number of halogens is 2. The van der Waals surface area contributed by atoms with Crippen molar-refractivity contribution in [3.8, 4) is 5.75 Å². The summed E-state index contributed by atoms with van der Waals surface area (Å²) >= 11 is 1.28. The summed E-state index contributed by atoms with van der Waals surface area (Å²) in [6, 6.07) is 6.50. The SMILES string of the molecule is C[C@H](Sc1nncn1C1CC1)C(=O)Nc1ccccc1OC(F)F. The van der Waals surface area contributed by atoms with E-state index in [-0.39, 0.29) is 17.3 Å². The Morgan fingerprint density at radius 3 is 2.88 bits per heavy atom. The molecule has 1 aromatic carbocycles. The monoisotopic (exact) mass is 354 g/mol. The van der Waals surface area contributed by atoms with Gasteiger partial charge in [0.15, 0.2) is 5.16 Å². The van der Waals surface area contributed by atoms with Gasteiger partial charge in [-0.05, 0) is 31.9 Å². The van der Waals surface area contributed by atoms with Crippen LogP contribution in [0.2, 0.25) is 0 Å². The number of amides is 1. The highest BCUT2D eigenvalue weighted by Crippen LogP contribution is 2.38. The standard InChI is InChI=1S/C15H16F2N4O2S/c1-9(24-15-20-18-8-21(15)10-6-7-10)13(22)19-11-4-2-3-5-12(11)23-14(16)17/h2-5,8-10,14H,6-7H2,1H3,(H,19,22)/t9-/m0/s1. The van der Waals surface area contributed by atoms with Crippen molar-refractivity contribution in [3.63, 3.8) is 0 Å². The number of carbonyl (C=O) groups excluding carboxylic acids is 1. The summed E-state index contributed by atoms with van der Waals surface area (Å²) in [6.45, 7) is -1.23. The van der Waals surface area contributed by atoms with Gasteiger partial charge < -0.3 is 14.6 Å². The van der Waals surface area contributed by atoms with Gasteiger partial charge in [0.1, 0.15) is 12.1 Å². The van der Waals surface area contributed by atoms with Crippen LogP contribution in [0.5, 0.6) is 5.75 Å². The zero-order chi connectivity index (χ0) is 17.1. The van der Waals surface area contributed by atoms with Crippen LogP contribution < -0.4 is 10.1 Å². The molecule has 1 amide bonds. The number of anilines is 1. The molecule has 2 aromatic rings. The van der Waals surface area contributed by atoms with Crippen LogP contribution in [-0.2, 0) is 4.79 Å². The lowest BCUT2D eigenvalue weighted by molar-refractivity contribution is -0.115. The van der Waals surface area contributed by atoms with Crippen LogP contribution in [0, 0.1) is 0 Å². The van der Waals surface area contributed by atoms with Crippen LogP contribution in [0.3, 0.4) is 0 Å². The lowest BCUT2D eigenvalue weighted by Gasteiger charge is -2.15. The fourth-order valence-electron chi connectivity index (χ4n) is 2.13. The first-order valence-electron chi connectivity index (χ1n) is 7.45. The van der Waals surface area contributed by atoms with Crippen LogP contribution in [0.1, 0.15) is 25.8 Å². The molecule has 6 nitrogen and oxygen atoms in total. The molecule has 9 heteroatoms. The maximum absolute atomic E-state index is 12.4. The fraction of sp³-hybridized carbons (Fsp3) is 0.400. The minimum absolute atomic E-state index is 0.0702. The number of aromatic nitrogens is 3. The molecule has 128 valence electrons. The van der Waals surface area contributed by atoms with E-state index in [1.807, 2.05) is 4.57 Å². The Morgan fingerprint density at radius 1 is 1.42 bits per heavy atom. The second kappa shape index (κ2) is 7.16. The minimum Gasteiger partial charge on any atom is -0.433 e. The molecule has 3 rings (SSSR count). The first kappa shape index (κ1) is 16.7. The Labute approximate surface area is 141 Å². The molecule has 24 heavy (non-hydrogen) atoms. The summed E-state index contributed by atoms with van der Waals surface area (Å²) in [6.07, 6.45) is 3.84. The maximum Gasteiger partial charge on any atom is 0.387 e. The maximum atomic E-state index is 12.4. The third kappa shape index (κ3) is 4.02.